The quantitative estimate of drug-likeness (QED) is 0.477. The number of ether oxygens (including phenoxy) is 3. The van der Waals surface area contributed by atoms with Crippen molar-refractivity contribution in [2.24, 2.45) is 0 Å². The van der Waals surface area contributed by atoms with Crippen LogP contribution in [0, 0.1) is 10.1 Å². The molecule has 1 aromatic carbocycles. The van der Waals surface area contributed by atoms with Gasteiger partial charge in [-0.1, -0.05) is 12.1 Å². The molecule has 3 rings (SSSR count). The number of benzene rings is 1. The van der Waals surface area contributed by atoms with Crippen LogP contribution in [-0.4, -0.2) is 34.8 Å². The highest BCUT2D eigenvalue weighted by Gasteiger charge is 2.29. The van der Waals surface area contributed by atoms with Gasteiger partial charge in [0.15, 0.2) is 11.5 Å². The van der Waals surface area contributed by atoms with Gasteiger partial charge < -0.3 is 14.2 Å². The van der Waals surface area contributed by atoms with Crippen LogP contribution in [0.5, 0.6) is 11.6 Å². The molecule has 112 valence electrons. The Morgan fingerprint density at radius 3 is 2.82 bits per heavy atom. The molecule has 1 aliphatic heterocycles. The van der Waals surface area contributed by atoms with Gasteiger partial charge in [0.05, 0.1) is 17.6 Å². The fourth-order valence-corrected chi connectivity index (χ4v) is 1.98. The molecule has 22 heavy (non-hydrogen) atoms. The van der Waals surface area contributed by atoms with Crippen LogP contribution in [0.1, 0.15) is 10.5 Å². The molecule has 2 heterocycles. The average molecular weight is 303 g/mol. The molecule has 0 aliphatic carbocycles. The van der Waals surface area contributed by atoms with E-state index in [9.17, 15) is 14.9 Å². The molecule has 0 unspecified atom stereocenters. The molecule has 1 aliphatic rings. The second kappa shape index (κ2) is 5.28. The zero-order chi connectivity index (χ0) is 15.7. The second-order valence-corrected chi connectivity index (χ2v) is 4.20. The van der Waals surface area contributed by atoms with E-state index >= 15 is 0 Å². The number of nitro benzene ring substituents is 1. The minimum absolute atomic E-state index is 0.0167. The third kappa shape index (κ3) is 2.18. The third-order valence-electron chi connectivity index (χ3n) is 2.95. The summed E-state index contributed by atoms with van der Waals surface area (Å²) in [5.74, 6) is -0.654. The molecule has 0 atom stereocenters. The first-order valence-corrected chi connectivity index (χ1v) is 6.11. The highest BCUT2D eigenvalue weighted by molar-refractivity contribution is 5.92. The van der Waals surface area contributed by atoms with Crippen molar-refractivity contribution in [1.29, 1.82) is 0 Å². The van der Waals surface area contributed by atoms with Crippen molar-refractivity contribution in [1.82, 2.24) is 9.97 Å². The Hall–Kier alpha value is -3.23. The van der Waals surface area contributed by atoms with Crippen molar-refractivity contribution in [3.05, 3.63) is 40.1 Å². The van der Waals surface area contributed by atoms with E-state index in [2.05, 4.69) is 14.7 Å². The van der Waals surface area contributed by atoms with Crippen LogP contribution in [0.25, 0.3) is 11.4 Å². The summed E-state index contributed by atoms with van der Waals surface area (Å²) >= 11 is 0. The lowest BCUT2D eigenvalue weighted by atomic mass is 10.1. The SMILES string of the molecule is COC(=O)c1nc(-c2ccccc2[N+](=O)[O-])nc2c1OCO2. The minimum Gasteiger partial charge on any atom is -0.464 e. The average Bonchev–Trinajstić information content (AvgIpc) is 3.01. The van der Waals surface area contributed by atoms with Crippen molar-refractivity contribution in [2.75, 3.05) is 13.9 Å². The Morgan fingerprint density at radius 1 is 1.32 bits per heavy atom. The Kier molecular flexibility index (Phi) is 3.30. The zero-order valence-electron chi connectivity index (χ0n) is 11.3. The summed E-state index contributed by atoms with van der Waals surface area (Å²) in [4.78, 5) is 30.5. The van der Waals surface area contributed by atoms with Crippen LogP contribution >= 0.6 is 0 Å². The van der Waals surface area contributed by atoms with E-state index in [4.69, 9.17) is 9.47 Å². The summed E-state index contributed by atoms with van der Waals surface area (Å²) in [7, 11) is 1.19. The number of hydrogen-bond acceptors (Lipinski definition) is 8. The lowest BCUT2D eigenvalue weighted by molar-refractivity contribution is -0.384. The van der Waals surface area contributed by atoms with Gasteiger partial charge in [-0.25, -0.2) is 9.78 Å². The van der Waals surface area contributed by atoms with Crippen LogP contribution in [0.4, 0.5) is 5.69 Å². The van der Waals surface area contributed by atoms with Gasteiger partial charge in [-0.3, -0.25) is 10.1 Å². The molecule has 9 nitrogen and oxygen atoms in total. The molecule has 1 aromatic heterocycles. The number of esters is 1. The van der Waals surface area contributed by atoms with Crippen LogP contribution in [0.2, 0.25) is 0 Å². The molecule has 0 spiro atoms. The van der Waals surface area contributed by atoms with Gasteiger partial charge in [0, 0.05) is 6.07 Å². The highest BCUT2D eigenvalue weighted by Crippen LogP contribution is 2.36. The monoisotopic (exact) mass is 303 g/mol. The van der Waals surface area contributed by atoms with E-state index in [1.54, 1.807) is 6.07 Å². The van der Waals surface area contributed by atoms with Gasteiger partial charge in [0.25, 0.3) is 11.6 Å². The smallest absolute Gasteiger partial charge is 0.360 e. The summed E-state index contributed by atoms with van der Waals surface area (Å²) in [5.41, 5.74) is -0.161. The first-order chi connectivity index (χ1) is 10.6. The van der Waals surface area contributed by atoms with E-state index in [1.807, 2.05) is 0 Å². The lowest BCUT2D eigenvalue weighted by Gasteiger charge is -2.06. The van der Waals surface area contributed by atoms with Crippen LogP contribution in [0.15, 0.2) is 24.3 Å². The van der Waals surface area contributed by atoms with Crippen molar-refractivity contribution < 1.29 is 23.9 Å². The highest BCUT2D eigenvalue weighted by atomic mass is 16.7. The standard InChI is InChI=1S/C13H9N3O6/c1-20-13(17)9-10-12(22-6-21-10)15-11(14-9)7-4-2-3-5-8(7)16(18)19/h2-5H,6H2,1H3. The van der Waals surface area contributed by atoms with Crippen molar-refractivity contribution >= 4 is 11.7 Å². The Bertz CT molecular complexity index is 776. The first-order valence-electron chi connectivity index (χ1n) is 6.11. The zero-order valence-corrected chi connectivity index (χ0v) is 11.3. The Morgan fingerprint density at radius 2 is 2.09 bits per heavy atom. The molecule has 0 N–H and O–H groups in total. The number of carbonyl (C=O) groups excluding carboxylic acids is 1. The summed E-state index contributed by atoms with van der Waals surface area (Å²) in [5, 5.41) is 11.1. The van der Waals surface area contributed by atoms with Crippen LogP contribution < -0.4 is 9.47 Å². The maximum Gasteiger partial charge on any atom is 0.360 e. The van der Waals surface area contributed by atoms with Gasteiger partial charge in [-0.2, -0.15) is 4.98 Å². The first kappa shape index (κ1) is 13.7. The normalized spacial score (nSPS) is 12.0. The van der Waals surface area contributed by atoms with E-state index in [1.165, 1.54) is 25.3 Å². The molecule has 0 bridgehead atoms. The Balaban J connectivity index is 2.21. The summed E-state index contributed by atoms with van der Waals surface area (Å²) in [6, 6.07) is 5.93. The van der Waals surface area contributed by atoms with Crippen LogP contribution in [0.3, 0.4) is 0 Å². The molecule has 0 saturated heterocycles. The minimum atomic E-state index is -0.746. The van der Waals surface area contributed by atoms with E-state index < -0.39 is 10.9 Å². The second-order valence-electron chi connectivity index (χ2n) is 4.20. The summed E-state index contributed by atoms with van der Waals surface area (Å²) < 4.78 is 14.9. The Labute approximate surface area is 123 Å². The largest absolute Gasteiger partial charge is 0.464 e. The van der Waals surface area contributed by atoms with E-state index in [-0.39, 0.29) is 41.2 Å². The van der Waals surface area contributed by atoms with Gasteiger partial charge in [-0.05, 0) is 6.07 Å². The molecule has 0 fully saturated rings. The fourth-order valence-electron chi connectivity index (χ4n) is 1.98. The third-order valence-corrected chi connectivity index (χ3v) is 2.95. The number of nitrogens with zero attached hydrogens (tertiary/aromatic N) is 3. The summed E-state index contributed by atoms with van der Waals surface area (Å²) in [6.07, 6.45) is 0. The predicted octanol–water partition coefficient (Wildman–Crippen LogP) is 1.57. The molecule has 2 aromatic rings. The number of nitro groups is 1. The number of methoxy groups -OCH3 is 1. The molecular weight excluding hydrogens is 294 g/mol. The summed E-state index contributed by atoms with van der Waals surface area (Å²) in [6.45, 7) is -0.117. The van der Waals surface area contributed by atoms with Gasteiger partial charge in [-0.15, -0.1) is 0 Å². The lowest BCUT2D eigenvalue weighted by Crippen LogP contribution is -2.08. The number of fused-ring (bicyclic) bond motifs is 1. The molecule has 9 heteroatoms. The maximum absolute atomic E-state index is 11.8. The number of para-hydroxylation sites is 1. The van der Waals surface area contributed by atoms with Gasteiger partial charge in [0.1, 0.15) is 0 Å². The van der Waals surface area contributed by atoms with Crippen LogP contribution in [-0.2, 0) is 4.74 Å². The number of hydrogen-bond donors (Lipinski definition) is 0. The van der Waals surface area contributed by atoms with Crippen molar-refractivity contribution in [3.8, 4) is 23.0 Å². The number of aromatic nitrogens is 2. The van der Waals surface area contributed by atoms with Gasteiger partial charge in [0.2, 0.25) is 12.5 Å². The van der Waals surface area contributed by atoms with E-state index in [0.717, 1.165) is 0 Å². The number of carbonyl (C=O) groups is 1. The molecule has 0 saturated carbocycles. The topological polar surface area (TPSA) is 114 Å². The fraction of sp³-hybridized carbons (Fsp3) is 0.154. The van der Waals surface area contributed by atoms with Crippen molar-refractivity contribution in [2.45, 2.75) is 0 Å². The van der Waals surface area contributed by atoms with Gasteiger partial charge >= 0.3 is 5.97 Å². The van der Waals surface area contributed by atoms with E-state index in [0.29, 0.717) is 0 Å². The molecule has 0 amide bonds. The maximum atomic E-state index is 11.8. The van der Waals surface area contributed by atoms with Crippen molar-refractivity contribution in [3.63, 3.8) is 0 Å². The molecule has 0 radical (unpaired) electrons. The number of rotatable bonds is 3. The molecular formula is C13H9N3O6. The predicted molar refractivity (Wildman–Crippen MR) is 71.6 cm³/mol.